The maximum atomic E-state index is 11.3. The van der Waals surface area contributed by atoms with Gasteiger partial charge in [-0.3, -0.25) is 4.79 Å². The Morgan fingerprint density at radius 1 is 1.43 bits per heavy atom. The Labute approximate surface area is 92.0 Å². The molecule has 0 aliphatic rings. The molecule has 0 bridgehead atoms. The number of carbonyl (C=O) groups is 1. The van der Waals surface area contributed by atoms with Gasteiger partial charge < -0.3 is 9.73 Å². The minimum absolute atomic E-state index is 0.131. The highest BCUT2D eigenvalue weighted by molar-refractivity contribution is 9.09. The first kappa shape index (κ1) is 11.3. The fourth-order valence-electron chi connectivity index (χ4n) is 1.09. The van der Waals surface area contributed by atoms with Crippen LogP contribution in [-0.2, 0) is 0 Å². The number of hydrogen-bond donors (Lipinski definition) is 1. The van der Waals surface area contributed by atoms with E-state index in [0.717, 1.165) is 24.6 Å². The van der Waals surface area contributed by atoms with Gasteiger partial charge in [-0.2, -0.15) is 0 Å². The predicted molar refractivity (Wildman–Crippen MR) is 58.7 cm³/mol. The molecule has 0 fully saturated rings. The van der Waals surface area contributed by atoms with Crippen molar-refractivity contribution >= 4 is 21.8 Å². The second-order valence-corrected chi connectivity index (χ2v) is 3.78. The molecular formula is C10H14BrNO2. The highest BCUT2D eigenvalue weighted by atomic mass is 79.9. The molecule has 1 N–H and O–H groups in total. The van der Waals surface area contributed by atoms with Crippen molar-refractivity contribution in [2.24, 2.45) is 0 Å². The van der Waals surface area contributed by atoms with Crippen LogP contribution in [0, 0.1) is 0 Å². The Morgan fingerprint density at radius 3 is 2.93 bits per heavy atom. The van der Waals surface area contributed by atoms with Crippen LogP contribution in [0.15, 0.2) is 22.8 Å². The molecule has 1 aromatic rings. The lowest BCUT2D eigenvalue weighted by Crippen LogP contribution is -2.23. The van der Waals surface area contributed by atoms with Crippen molar-refractivity contribution in [1.29, 1.82) is 0 Å². The molecule has 1 heterocycles. The Hall–Kier alpha value is -0.770. The van der Waals surface area contributed by atoms with E-state index in [0.29, 0.717) is 12.3 Å². The monoisotopic (exact) mass is 259 g/mol. The largest absolute Gasteiger partial charge is 0.459 e. The molecule has 0 radical (unpaired) electrons. The first-order valence-corrected chi connectivity index (χ1v) is 5.84. The maximum Gasteiger partial charge on any atom is 0.286 e. The number of rotatable bonds is 6. The third-order valence-corrected chi connectivity index (χ3v) is 2.40. The van der Waals surface area contributed by atoms with E-state index in [4.69, 9.17) is 4.42 Å². The normalized spacial score (nSPS) is 10.1. The lowest BCUT2D eigenvalue weighted by atomic mass is 10.2. The Bertz CT molecular complexity index is 259. The lowest BCUT2D eigenvalue weighted by Gasteiger charge is -2.01. The van der Waals surface area contributed by atoms with Crippen LogP contribution in [0.3, 0.4) is 0 Å². The fourth-order valence-corrected chi connectivity index (χ4v) is 1.49. The lowest BCUT2D eigenvalue weighted by molar-refractivity contribution is 0.0925. The second kappa shape index (κ2) is 6.65. The summed E-state index contributed by atoms with van der Waals surface area (Å²) in [7, 11) is 0. The molecule has 1 amide bonds. The SMILES string of the molecule is O=C(NCCCCCBr)c1ccco1. The summed E-state index contributed by atoms with van der Waals surface area (Å²) in [6, 6.07) is 3.37. The van der Waals surface area contributed by atoms with E-state index in [9.17, 15) is 4.79 Å². The van der Waals surface area contributed by atoms with Gasteiger partial charge >= 0.3 is 0 Å². The van der Waals surface area contributed by atoms with Crippen molar-refractivity contribution in [3.05, 3.63) is 24.2 Å². The van der Waals surface area contributed by atoms with E-state index in [-0.39, 0.29) is 5.91 Å². The molecule has 1 aromatic heterocycles. The molecule has 0 spiro atoms. The molecule has 0 saturated carbocycles. The molecule has 4 heteroatoms. The average Bonchev–Trinajstić information content (AvgIpc) is 2.70. The van der Waals surface area contributed by atoms with Crippen LogP contribution >= 0.6 is 15.9 Å². The van der Waals surface area contributed by atoms with Gasteiger partial charge in [-0.25, -0.2) is 0 Å². The first-order chi connectivity index (χ1) is 6.84. The number of amides is 1. The molecule has 0 aliphatic carbocycles. The number of halogens is 1. The van der Waals surface area contributed by atoms with E-state index in [1.165, 1.54) is 6.26 Å². The molecule has 0 aromatic carbocycles. The summed E-state index contributed by atoms with van der Waals surface area (Å²) < 4.78 is 4.95. The van der Waals surface area contributed by atoms with Gasteiger partial charge in [0.05, 0.1) is 6.26 Å². The van der Waals surface area contributed by atoms with Crippen LogP contribution in [0.2, 0.25) is 0 Å². The van der Waals surface area contributed by atoms with Crippen molar-refractivity contribution in [1.82, 2.24) is 5.32 Å². The third-order valence-electron chi connectivity index (χ3n) is 1.84. The van der Waals surface area contributed by atoms with E-state index in [1.54, 1.807) is 12.1 Å². The minimum atomic E-state index is -0.131. The van der Waals surface area contributed by atoms with Gasteiger partial charge in [0.15, 0.2) is 5.76 Å². The number of alkyl halides is 1. The number of carbonyl (C=O) groups excluding carboxylic acids is 1. The van der Waals surface area contributed by atoms with Crippen LogP contribution in [0.25, 0.3) is 0 Å². The fraction of sp³-hybridized carbons (Fsp3) is 0.500. The first-order valence-electron chi connectivity index (χ1n) is 4.72. The Morgan fingerprint density at radius 2 is 2.29 bits per heavy atom. The van der Waals surface area contributed by atoms with E-state index in [1.807, 2.05) is 0 Å². The van der Waals surface area contributed by atoms with Crippen molar-refractivity contribution < 1.29 is 9.21 Å². The Kier molecular flexibility index (Phi) is 5.37. The molecule has 0 atom stereocenters. The maximum absolute atomic E-state index is 11.3. The van der Waals surface area contributed by atoms with Gasteiger partial charge in [-0.15, -0.1) is 0 Å². The zero-order valence-corrected chi connectivity index (χ0v) is 9.55. The molecule has 3 nitrogen and oxygen atoms in total. The third kappa shape index (κ3) is 3.96. The van der Waals surface area contributed by atoms with Crippen molar-refractivity contribution in [2.45, 2.75) is 19.3 Å². The highest BCUT2D eigenvalue weighted by Gasteiger charge is 2.05. The summed E-state index contributed by atoms with van der Waals surface area (Å²) in [6.45, 7) is 0.715. The molecular weight excluding hydrogens is 246 g/mol. The number of unbranched alkanes of at least 4 members (excludes halogenated alkanes) is 2. The summed E-state index contributed by atoms with van der Waals surface area (Å²) >= 11 is 3.36. The van der Waals surface area contributed by atoms with E-state index in [2.05, 4.69) is 21.2 Å². The summed E-state index contributed by atoms with van der Waals surface area (Å²) in [5.74, 6) is 0.249. The smallest absolute Gasteiger partial charge is 0.286 e. The van der Waals surface area contributed by atoms with Crippen molar-refractivity contribution in [3.8, 4) is 0 Å². The Balaban J connectivity index is 2.10. The van der Waals surface area contributed by atoms with Crippen molar-refractivity contribution in [3.63, 3.8) is 0 Å². The van der Waals surface area contributed by atoms with Crippen molar-refractivity contribution in [2.75, 3.05) is 11.9 Å². The van der Waals surface area contributed by atoms with Gasteiger partial charge in [0.2, 0.25) is 0 Å². The topological polar surface area (TPSA) is 42.2 Å². The van der Waals surface area contributed by atoms with Gasteiger partial charge in [-0.1, -0.05) is 22.4 Å². The van der Waals surface area contributed by atoms with Crippen LogP contribution in [-0.4, -0.2) is 17.8 Å². The van der Waals surface area contributed by atoms with Crippen LogP contribution in [0.1, 0.15) is 29.8 Å². The molecule has 0 unspecified atom stereocenters. The molecule has 0 aliphatic heterocycles. The molecule has 1 rings (SSSR count). The summed E-state index contributed by atoms with van der Waals surface area (Å²) in [5.41, 5.74) is 0. The number of nitrogens with one attached hydrogen (secondary N) is 1. The number of hydrogen-bond acceptors (Lipinski definition) is 2. The quantitative estimate of drug-likeness (QED) is 0.631. The standard InChI is InChI=1S/C10H14BrNO2/c11-6-2-1-3-7-12-10(13)9-5-4-8-14-9/h4-5,8H,1-3,6-7H2,(H,12,13). The van der Waals surface area contributed by atoms with Gasteiger partial charge in [0.25, 0.3) is 5.91 Å². The molecule has 14 heavy (non-hydrogen) atoms. The second-order valence-electron chi connectivity index (χ2n) is 2.98. The van der Waals surface area contributed by atoms with Gasteiger partial charge in [0.1, 0.15) is 0 Å². The highest BCUT2D eigenvalue weighted by Crippen LogP contribution is 2.00. The van der Waals surface area contributed by atoms with Crippen LogP contribution in [0.4, 0.5) is 0 Å². The van der Waals surface area contributed by atoms with Crippen LogP contribution < -0.4 is 5.32 Å². The molecule has 78 valence electrons. The minimum Gasteiger partial charge on any atom is -0.459 e. The number of furan rings is 1. The zero-order valence-electron chi connectivity index (χ0n) is 7.96. The summed E-state index contributed by atoms with van der Waals surface area (Å²) in [4.78, 5) is 11.3. The summed E-state index contributed by atoms with van der Waals surface area (Å²) in [6.07, 6.45) is 4.79. The van der Waals surface area contributed by atoms with E-state index < -0.39 is 0 Å². The molecule has 0 saturated heterocycles. The van der Waals surface area contributed by atoms with Gasteiger partial charge in [0, 0.05) is 11.9 Å². The zero-order chi connectivity index (χ0) is 10.2. The van der Waals surface area contributed by atoms with Gasteiger partial charge in [-0.05, 0) is 25.0 Å². The summed E-state index contributed by atoms with van der Waals surface area (Å²) in [5, 5.41) is 3.82. The van der Waals surface area contributed by atoms with Crippen LogP contribution in [0.5, 0.6) is 0 Å². The van der Waals surface area contributed by atoms with E-state index >= 15 is 0 Å². The predicted octanol–water partition coefficient (Wildman–Crippen LogP) is 2.57. The average molecular weight is 260 g/mol.